The van der Waals surface area contributed by atoms with Crippen LogP contribution in [0.15, 0.2) is 67.3 Å². The van der Waals surface area contributed by atoms with Gasteiger partial charge in [0.05, 0.1) is 5.69 Å². The maximum Gasteiger partial charge on any atom is 0.123 e. The van der Waals surface area contributed by atoms with Crippen molar-refractivity contribution < 1.29 is 4.39 Å². The maximum absolute atomic E-state index is 14.1. The number of aromatic amines is 1. The summed E-state index contributed by atoms with van der Waals surface area (Å²) in [5, 5.41) is 7.30. The number of H-pyrrole nitrogens is 1. The molecule has 1 N–H and O–H groups in total. The number of hydrogen-bond donors (Lipinski definition) is 1. The van der Waals surface area contributed by atoms with Crippen LogP contribution in [0, 0.1) is 19.7 Å². The van der Waals surface area contributed by atoms with Crippen LogP contribution in [0.4, 0.5) is 4.39 Å². The number of halogens is 1. The first-order chi connectivity index (χ1) is 13.6. The summed E-state index contributed by atoms with van der Waals surface area (Å²) in [6, 6.07) is 13.0. The van der Waals surface area contributed by atoms with Crippen LogP contribution in [-0.2, 0) is 6.42 Å². The van der Waals surface area contributed by atoms with Crippen LogP contribution in [0.3, 0.4) is 0 Å². The molecule has 28 heavy (non-hydrogen) atoms. The fourth-order valence-electron chi connectivity index (χ4n) is 3.72. The summed E-state index contributed by atoms with van der Waals surface area (Å²) in [7, 11) is 0. The van der Waals surface area contributed by atoms with E-state index in [0.29, 0.717) is 6.42 Å². The molecule has 0 amide bonds. The molecular weight excluding hydrogens is 351 g/mol. The number of rotatable bonds is 5. The lowest BCUT2D eigenvalue weighted by molar-refractivity contribution is 0.627. The second-order valence-electron chi connectivity index (χ2n) is 6.94. The molecule has 0 radical (unpaired) electrons. The molecule has 3 aromatic heterocycles. The predicted octanol–water partition coefficient (Wildman–Crippen LogP) is 5.00. The van der Waals surface area contributed by atoms with E-state index in [4.69, 9.17) is 0 Å². The minimum absolute atomic E-state index is 0.0686. The van der Waals surface area contributed by atoms with Crippen LogP contribution in [-0.4, -0.2) is 20.2 Å². The number of benzene rings is 1. The normalized spacial score (nSPS) is 11.1. The molecule has 0 saturated heterocycles. The third-order valence-corrected chi connectivity index (χ3v) is 5.07. The summed E-state index contributed by atoms with van der Waals surface area (Å²) in [6.07, 6.45) is 8.01. The molecule has 0 aliphatic rings. The van der Waals surface area contributed by atoms with E-state index < -0.39 is 0 Å². The van der Waals surface area contributed by atoms with Crippen molar-refractivity contribution in [3.8, 4) is 11.1 Å². The largest absolute Gasteiger partial charge is 0.282 e. The molecule has 0 spiro atoms. The second-order valence-corrected chi connectivity index (χ2v) is 6.94. The first kappa shape index (κ1) is 18.0. The number of nitrogens with zero attached hydrogens (tertiary/aromatic N) is 3. The summed E-state index contributed by atoms with van der Waals surface area (Å²) in [4.78, 5) is 8.58. The van der Waals surface area contributed by atoms with Crippen molar-refractivity contribution >= 4 is 0 Å². The van der Waals surface area contributed by atoms with Gasteiger partial charge in [-0.25, -0.2) is 4.39 Å². The van der Waals surface area contributed by atoms with Gasteiger partial charge < -0.3 is 0 Å². The summed E-state index contributed by atoms with van der Waals surface area (Å²) in [5.41, 5.74) is 6.91. The topological polar surface area (TPSA) is 54.5 Å². The number of nitrogens with one attached hydrogen (secondary N) is 1. The Kier molecular flexibility index (Phi) is 4.98. The number of aromatic nitrogens is 4. The minimum atomic E-state index is -0.252. The molecule has 0 aliphatic heterocycles. The van der Waals surface area contributed by atoms with Gasteiger partial charge in [-0.05, 0) is 66.8 Å². The summed E-state index contributed by atoms with van der Waals surface area (Å²) in [6.45, 7) is 3.90. The van der Waals surface area contributed by atoms with Gasteiger partial charge in [-0.15, -0.1) is 0 Å². The molecule has 4 rings (SSSR count). The Labute approximate surface area is 163 Å². The van der Waals surface area contributed by atoms with E-state index in [1.807, 2.05) is 44.4 Å². The van der Waals surface area contributed by atoms with Gasteiger partial charge in [0.15, 0.2) is 0 Å². The Morgan fingerprint density at radius 3 is 2.18 bits per heavy atom. The highest BCUT2D eigenvalue weighted by molar-refractivity contribution is 5.72. The van der Waals surface area contributed by atoms with Crippen molar-refractivity contribution in [2.75, 3.05) is 0 Å². The lowest BCUT2D eigenvalue weighted by Crippen LogP contribution is -2.07. The zero-order valence-corrected chi connectivity index (χ0v) is 15.9. The molecule has 0 bridgehead atoms. The van der Waals surface area contributed by atoms with Crippen molar-refractivity contribution in [2.24, 2.45) is 0 Å². The number of pyridine rings is 2. The van der Waals surface area contributed by atoms with Crippen LogP contribution in [0.2, 0.25) is 0 Å². The smallest absolute Gasteiger partial charge is 0.123 e. The first-order valence-corrected chi connectivity index (χ1v) is 9.23. The van der Waals surface area contributed by atoms with Gasteiger partial charge in [-0.2, -0.15) is 5.10 Å². The van der Waals surface area contributed by atoms with Crippen molar-refractivity contribution in [3.63, 3.8) is 0 Å². The lowest BCUT2D eigenvalue weighted by Gasteiger charge is -2.20. The zero-order chi connectivity index (χ0) is 19.5. The van der Waals surface area contributed by atoms with E-state index in [1.165, 1.54) is 6.07 Å². The minimum Gasteiger partial charge on any atom is -0.282 e. The van der Waals surface area contributed by atoms with Crippen molar-refractivity contribution in [3.05, 3.63) is 101 Å². The van der Waals surface area contributed by atoms with Gasteiger partial charge in [0.25, 0.3) is 0 Å². The van der Waals surface area contributed by atoms with E-state index in [9.17, 15) is 4.39 Å². The van der Waals surface area contributed by atoms with E-state index in [2.05, 4.69) is 32.3 Å². The molecule has 0 aliphatic carbocycles. The zero-order valence-electron chi connectivity index (χ0n) is 15.9. The standard InChI is InChI=1S/C23H21FN4/c1-15-23(16(2)28-27-15)22-12-20(24)8-7-17(22)11-21(18-5-3-9-25-13-18)19-6-4-10-26-14-19/h3-10,12-14,21H,11H2,1-2H3,(H,27,28). The molecule has 0 fully saturated rings. The molecule has 5 heteroatoms. The number of aryl methyl sites for hydroxylation is 2. The van der Waals surface area contributed by atoms with Crippen molar-refractivity contribution in [1.29, 1.82) is 0 Å². The van der Waals surface area contributed by atoms with Gasteiger partial charge in [0.2, 0.25) is 0 Å². The molecule has 4 aromatic rings. The average molecular weight is 372 g/mol. The highest BCUT2D eigenvalue weighted by atomic mass is 19.1. The van der Waals surface area contributed by atoms with Gasteiger partial charge in [0.1, 0.15) is 5.82 Å². The summed E-state index contributed by atoms with van der Waals surface area (Å²) >= 11 is 0. The fraction of sp³-hybridized carbons (Fsp3) is 0.174. The van der Waals surface area contributed by atoms with Crippen LogP contribution < -0.4 is 0 Å². The quantitative estimate of drug-likeness (QED) is 0.536. The predicted molar refractivity (Wildman–Crippen MR) is 107 cm³/mol. The van der Waals surface area contributed by atoms with E-state index in [0.717, 1.165) is 39.2 Å². The van der Waals surface area contributed by atoms with Crippen LogP contribution in [0.25, 0.3) is 11.1 Å². The SMILES string of the molecule is Cc1n[nH]c(C)c1-c1cc(F)ccc1CC(c1cccnc1)c1cccnc1. The molecule has 0 atom stereocenters. The molecule has 3 heterocycles. The molecule has 4 nitrogen and oxygen atoms in total. The summed E-state index contributed by atoms with van der Waals surface area (Å²) in [5.74, 6) is -0.183. The third-order valence-electron chi connectivity index (χ3n) is 5.07. The Morgan fingerprint density at radius 2 is 1.64 bits per heavy atom. The fourth-order valence-corrected chi connectivity index (χ4v) is 3.72. The molecule has 0 saturated carbocycles. The third kappa shape index (κ3) is 3.56. The van der Waals surface area contributed by atoms with E-state index >= 15 is 0 Å². The van der Waals surface area contributed by atoms with Gasteiger partial charge >= 0.3 is 0 Å². The van der Waals surface area contributed by atoms with Gasteiger partial charge in [0, 0.05) is 42.0 Å². The van der Waals surface area contributed by atoms with Crippen LogP contribution >= 0.6 is 0 Å². The molecular formula is C23H21FN4. The Balaban J connectivity index is 1.82. The Morgan fingerprint density at radius 1 is 0.964 bits per heavy atom. The van der Waals surface area contributed by atoms with Crippen molar-refractivity contribution in [2.45, 2.75) is 26.2 Å². The van der Waals surface area contributed by atoms with Crippen LogP contribution in [0.1, 0.15) is 34.0 Å². The summed E-state index contributed by atoms with van der Waals surface area (Å²) < 4.78 is 14.1. The van der Waals surface area contributed by atoms with Crippen LogP contribution in [0.5, 0.6) is 0 Å². The maximum atomic E-state index is 14.1. The number of hydrogen-bond acceptors (Lipinski definition) is 3. The monoisotopic (exact) mass is 372 g/mol. The van der Waals surface area contributed by atoms with Gasteiger partial charge in [-0.1, -0.05) is 18.2 Å². The highest BCUT2D eigenvalue weighted by Gasteiger charge is 2.20. The van der Waals surface area contributed by atoms with E-state index in [1.54, 1.807) is 18.5 Å². The van der Waals surface area contributed by atoms with Gasteiger partial charge in [-0.3, -0.25) is 15.1 Å². The Hall–Kier alpha value is -3.34. The van der Waals surface area contributed by atoms with Crippen molar-refractivity contribution in [1.82, 2.24) is 20.2 Å². The lowest BCUT2D eigenvalue weighted by atomic mass is 9.84. The van der Waals surface area contributed by atoms with E-state index in [-0.39, 0.29) is 11.7 Å². The molecule has 1 aromatic carbocycles. The Bertz CT molecular complexity index is 1020. The first-order valence-electron chi connectivity index (χ1n) is 9.23. The average Bonchev–Trinajstić information content (AvgIpc) is 3.06. The molecule has 140 valence electrons. The molecule has 0 unspecified atom stereocenters. The highest BCUT2D eigenvalue weighted by Crippen LogP contribution is 2.34. The second kappa shape index (κ2) is 7.72.